The predicted molar refractivity (Wildman–Crippen MR) is 186 cm³/mol. The normalized spacial score (nSPS) is 14.7. The van der Waals surface area contributed by atoms with Crippen LogP contribution in [0.1, 0.15) is 38.8 Å². The minimum Gasteiger partial charge on any atom is -0.507 e. The van der Waals surface area contributed by atoms with Gasteiger partial charge in [-0.1, -0.05) is 87.9 Å². The van der Waals surface area contributed by atoms with Gasteiger partial charge in [0.15, 0.2) is 0 Å². The van der Waals surface area contributed by atoms with Crippen LogP contribution in [0, 0.1) is 6.07 Å². The number of nitrogens with zero attached hydrogens (tertiary/aromatic N) is 3. The second kappa shape index (κ2) is 10.1. The minimum absolute atomic E-state index is 0. The van der Waals surface area contributed by atoms with E-state index in [-0.39, 0.29) is 37.6 Å². The first kappa shape index (κ1) is 29.7. The number of phenols is 1. The molecule has 0 bridgehead atoms. The third kappa shape index (κ3) is 3.93. The number of rotatable bonds is 2. The van der Waals surface area contributed by atoms with E-state index < -0.39 is 0 Å². The molecule has 0 atom stereocenters. The first-order valence-electron chi connectivity index (χ1n) is 15.7. The Bertz CT molecular complexity index is 2570. The van der Waals surface area contributed by atoms with Gasteiger partial charge in [0.1, 0.15) is 22.7 Å². The van der Waals surface area contributed by atoms with E-state index in [4.69, 9.17) is 14.4 Å². The smallest absolute Gasteiger partial charge is 0.144 e. The predicted octanol–water partition coefficient (Wildman–Crippen LogP) is 10.1. The first-order chi connectivity index (χ1) is 22.2. The van der Waals surface area contributed by atoms with E-state index >= 15 is 0 Å². The van der Waals surface area contributed by atoms with Crippen LogP contribution in [-0.2, 0) is 38.9 Å². The van der Waals surface area contributed by atoms with Crippen LogP contribution in [-0.4, -0.2) is 19.6 Å². The van der Waals surface area contributed by atoms with Crippen molar-refractivity contribution in [3.05, 3.63) is 114 Å². The Hall–Kier alpha value is -4.73. The summed E-state index contributed by atoms with van der Waals surface area (Å²) in [5, 5.41) is 15.5. The SMILES string of the molecule is Cn1c(-c2cc3c(cc2O)oc2ccccc23)nc2c(-c3nc4c(c5ccccc35)C(C)(C)C(C)(C)c3ccc[c-]c3-4)cccc21.[Pt]. The average Bonchev–Trinajstić information content (AvgIpc) is 3.59. The zero-order valence-electron chi connectivity index (χ0n) is 26.8. The van der Waals surface area contributed by atoms with Crippen molar-refractivity contribution in [3.8, 4) is 39.7 Å². The maximum absolute atomic E-state index is 11.3. The number of aryl methyl sites for hydroxylation is 1. The molecule has 1 aliphatic rings. The van der Waals surface area contributed by atoms with Gasteiger partial charge in [0.25, 0.3) is 0 Å². The maximum atomic E-state index is 11.3. The van der Waals surface area contributed by atoms with Gasteiger partial charge in [-0.3, -0.25) is 4.98 Å². The molecule has 47 heavy (non-hydrogen) atoms. The van der Waals surface area contributed by atoms with Crippen molar-refractivity contribution < 1.29 is 30.6 Å². The molecule has 1 N–H and O–H groups in total. The Kier molecular flexibility index (Phi) is 6.39. The van der Waals surface area contributed by atoms with Crippen LogP contribution in [0.25, 0.3) is 77.6 Å². The van der Waals surface area contributed by atoms with E-state index in [0.717, 1.165) is 55.3 Å². The van der Waals surface area contributed by atoms with Gasteiger partial charge >= 0.3 is 0 Å². The molecule has 0 fully saturated rings. The molecule has 0 aliphatic heterocycles. The monoisotopic (exact) mass is 793 g/mol. The third-order valence-electron chi connectivity index (χ3n) is 10.8. The second-order valence-corrected chi connectivity index (χ2v) is 13.6. The average molecular weight is 794 g/mol. The number of furan rings is 1. The number of aromatic nitrogens is 3. The van der Waals surface area contributed by atoms with E-state index in [9.17, 15) is 5.11 Å². The van der Waals surface area contributed by atoms with Crippen LogP contribution in [0.3, 0.4) is 0 Å². The van der Waals surface area contributed by atoms with Crippen LogP contribution >= 0.6 is 0 Å². The standard InChI is InChI=1S/C41H32N3O2.Pt/c1-40(2)30-18-10-8-16-26(30)38-35(41(40,3)4)24-14-6-7-15-25(24)36(42-38)27-17-12-19-31-37(27)43-39(44(31)5)29-21-28-23-13-9-11-20-33(23)46-34(28)22-32(29)45;/h6-15,17-22,45H,1-5H3;/q-1;. The van der Waals surface area contributed by atoms with E-state index in [0.29, 0.717) is 17.0 Å². The van der Waals surface area contributed by atoms with Crippen LogP contribution < -0.4 is 0 Å². The Morgan fingerprint density at radius 3 is 2.26 bits per heavy atom. The van der Waals surface area contributed by atoms with Gasteiger partial charge in [0.2, 0.25) is 0 Å². The summed E-state index contributed by atoms with van der Waals surface area (Å²) in [5.74, 6) is 0.803. The van der Waals surface area contributed by atoms with Crippen molar-refractivity contribution in [1.29, 1.82) is 0 Å². The maximum Gasteiger partial charge on any atom is 0.144 e. The molecule has 0 saturated carbocycles. The molecular weight excluding hydrogens is 762 g/mol. The van der Waals surface area contributed by atoms with Crippen molar-refractivity contribution in [2.45, 2.75) is 38.5 Å². The molecule has 8 aromatic rings. The Labute approximate surface area is 287 Å². The fourth-order valence-electron chi connectivity index (χ4n) is 7.67. The van der Waals surface area contributed by atoms with Crippen molar-refractivity contribution in [3.63, 3.8) is 0 Å². The van der Waals surface area contributed by atoms with Gasteiger partial charge in [-0.15, -0.1) is 35.4 Å². The van der Waals surface area contributed by atoms with Crippen LogP contribution in [0.2, 0.25) is 0 Å². The fourth-order valence-corrected chi connectivity index (χ4v) is 7.67. The van der Waals surface area contributed by atoms with Gasteiger partial charge in [0.05, 0.1) is 22.3 Å². The Morgan fingerprint density at radius 2 is 1.45 bits per heavy atom. The molecule has 5 nitrogen and oxygen atoms in total. The van der Waals surface area contributed by atoms with Crippen molar-refractivity contribution in [1.82, 2.24) is 14.5 Å². The van der Waals surface area contributed by atoms with E-state index in [1.54, 1.807) is 6.07 Å². The van der Waals surface area contributed by atoms with Crippen molar-refractivity contribution in [2.24, 2.45) is 7.05 Å². The number of aromatic hydroxyl groups is 1. The zero-order valence-corrected chi connectivity index (χ0v) is 29.0. The summed E-state index contributed by atoms with van der Waals surface area (Å²) in [7, 11) is 2.00. The summed E-state index contributed by atoms with van der Waals surface area (Å²) >= 11 is 0. The molecule has 0 saturated heterocycles. The molecule has 0 radical (unpaired) electrons. The molecule has 0 unspecified atom stereocenters. The number of phenolic OH excluding ortho intramolecular Hbond substituents is 1. The van der Waals surface area contributed by atoms with Crippen molar-refractivity contribution >= 4 is 43.7 Å². The number of hydrogen-bond acceptors (Lipinski definition) is 4. The fraction of sp³-hybridized carbons (Fsp3) is 0.171. The molecule has 3 heterocycles. The minimum atomic E-state index is -0.187. The zero-order chi connectivity index (χ0) is 31.5. The largest absolute Gasteiger partial charge is 0.507 e. The topological polar surface area (TPSA) is 64.1 Å². The quantitative estimate of drug-likeness (QED) is 0.177. The van der Waals surface area contributed by atoms with Crippen LogP contribution in [0.15, 0.2) is 101 Å². The molecule has 5 aromatic carbocycles. The van der Waals surface area contributed by atoms with E-state index in [1.807, 2.05) is 43.4 Å². The van der Waals surface area contributed by atoms with Crippen molar-refractivity contribution in [2.75, 3.05) is 0 Å². The van der Waals surface area contributed by atoms with Gasteiger partial charge < -0.3 is 14.1 Å². The summed E-state index contributed by atoms with van der Waals surface area (Å²) in [6, 6.07) is 36.4. The summed E-state index contributed by atoms with van der Waals surface area (Å²) in [5.41, 5.74) is 9.98. The molecule has 9 rings (SSSR count). The molecular formula is C41H32N3O2Pt-. The number of imidazole rings is 1. The van der Waals surface area contributed by atoms with Crippen LogP contribution in [0.4, 0.5) is 0 Å². The Balaban J connectivity index is 0.00000324. The molecule has 0 spiro atoms. The van der Waals surface area contributed by atoms with Crippen LogP contribution in [0.5, 0.6) is 5.75 Å². The van der Waals surface area contributed by atoms with E-state index in [1.165, 1.54) is 16.5 Å². The number of hydrogen-bond donors (Lipinski definition) is 1. The van der Waals surface area contributed by atoms with Gasteiger partial charge in [0, 0.05) is 55.9 Å². The summed E-state index contributed by atoms with van der Waals surface area (Å²) in [6.45, 7) is 9.35. The van der Waals surface area contributed by atoms with Gasteiger partial charge in [-0.25, -0.2) is 4.98 Å². The molecule has 3 aromatic heterocycles. The number of pyridine rings is 1. The molecule has 1 aliphatic carbocycles. The second-order valence-electron chi connectivity index (χ2n) is 13.6. The summed E-state index contributed by atoms with van der Waals surface area (Å²) in [4.78, 5) is 10.7. The van der Waals surface area contributed by atoms with Gasteiger partial charge in [-0.05, 0) is 40.1 Å². The number of benzene rings is 5. The first-order valence-corrected chi connectivity index (χ1v) is 15.7. The van der Waals surface area contributed by atoms with E-state index in [2.05, 4.69) is 92.9 Å². The molecule has 0 amide bonds. The third-order valence-corrected chi connectivity index (χ3v) is 10.8. The molecule has 6 heteroatoms. The summed E-state index contributed by atoms with van der Waals surface area (Å²) < 4.78 is 8.08. The molecule has 234 valence electrons. The summed E-state index contributed by atoms with van der Waals surface area (Å²) in [6.07, 6.45) is 0. The Morgan fingerprint density at radius 1 is 0.702 bits per heavy atom. The number of fused-ring (bicyclic) bond motifs is 9. The van der Waals surface area contributed by atoms with Gasteiger partial charge in [-0.2, -0.15) is 0 Å². The number of para-hydroxylation sites is 2.